The molecule has 1 aliphatic heterocycles. The van der Waals surface area contributed by atoms with E-state index in [1.54, 1.807) is 11.9 Å². The monoisotopic (exact) mass is 383 g/mol. The summed E-state index contributed by atoms with van der Waals surface area (Å²) in [7, 11) is 1.54. The van der Waals surface area contributed by atoms with Crippen molar-refractivity contribution in [1.29, 1.82) is 0 Å². The third-order valence-corrected chi connectivity index (χ3v) is 4.81. The highest BCUT2D eigenvalue weighted by Gasteiger charge is 2.29. The average Bonchev–Trinajstić information content (AvgIpc) is 2.65. The van der Waals surface area contributed by atoms with Crippen molar-refractivity contribution < 1.29 is 24.3 Å². The van der Waals surface area contributed by atoms with Crippen LogP contribution in [-0.4, -0.2) is 83.3 Å². The molecule has 8 nitrogen and oxygen atoms in total. The zero-order valence-corrected chi connectivity index (χ0v) is 16.8. The van der Waals surface area contributed by atoms with Gasteiger partial charge in [0.05, 0.1) is 12.5 Å². The zero-order chi connectivity index (χ0) is 20.4. The molecule has 1 rings (SSSR count). The second-order valence-electron chi connectivity index (χ2n) is 7.15. The van der Waals surface area contributed by atoms with Crippen LogP contribution in [0.1, 0.15) is 52.4 Å². The highest BCUT2D eigenvalue weighted by Crippen LogP contribution is 2.17. The molecule has 1 aliphatic rings. The first-order chi connectivity index (χ1) is 12.8. The van der Waals surface area contributed by atoms with Crippen LogP contribution in [0.3, 0.4) is 0 Å². The van der Waals surface area contributed by atoms with Crippen molar-refractivity contribution in [1.82, 2.24) is 14.7 Å². The first kappa shape index (κ1) is 22.9. The first-order valence-electron chi connectivity index (χ1n) is 9.82. The van der Waals surface area contributed by atoms with Gasteiger partial charge in [-0.1, -0.05) is 13.8 Å². The largest absolute Gasteiger partial charge is 0.481 e. The summed E-state index contributed by atoms with van der Waals surface area (Å²) >= 11 is 0. The van der Waals surface area contributed by atoms with E-state index in [9.17, 15) is 19.2 Å². The molecule has 0 aliphatic carbocycles. The maximum atomic E-state index is 12.4. The van der Waals surface area contributed by atoms with Gasteiger partial charge in [-0.15, -0.1) is 0 Å². The number of aliphatic carboxylic acids is 1. The van der Waals surface area contributed by atoms with Gasteiger partial charge in [0.15, 0.2) is 0 Å². The number of piperidine rings is 1. The number of amides is 3. The Kier molecular flexibility index (Phi) is 9.82. The second kappa shape index (κ2) is 11.6. The van der Waals surface area contributed by atoms with E-state index in [0.717, 1.165) is 12.8 Å². The lowest BCUT2D eigenvalue weighted by molar-refractivity contribution is -0.147. The number of hydrogen-bond donors (Lipinski definition) is 1. The molecule has 1 fully saturated rings. The summed E-state index contributed by atoms with van der Waals surface area (Å²) in [5.74, 6) is -1.96. The van der Waals surface area contributed by atoms with Gasteiger partial charge in [0.2, 0.25) is 17.7 Å². The number of hydrogen-bond acceptors (Lipinski definition) is 4. The fraction of sp³-hybridized carbons (Fsp3) is 0.789. The molecule has 154 valence electrons. The van der Waals surface area contributed by atoms with Crippen molar-refractivity contribution in [3.8, 4) is 0 Å². The van der Waals surface area contributed by atoms with Gasteiger partial charge in [-0.05, 0) is 25.7 Å². The molecule has 1 N–H and O–H groups in total. The maximum Gasteiger partial charge on any atom is 0.308 e. The summed E-state index contributed by atoms with van der Waals surface area (Å²) in [5.41, 5.74) is 0. The molecule has 0 spiro atoms. The SMILES string of the molecule is CCCN(CCC)C(=O)CCC(=O)N(C)CC(=O)N1CCCC(C(=O)O)C1. The van der Waals surface area contributed by atoms with Gasteiger partial charge >= 0.3 is 5.97 Å². The molecule has 0 radical (unpaired) electrons. The van der Waals surface area contributed by atoms with Crippen molar-refractivity contribution in [3.63, 3.8) is 0 Å². The Morgan fingerprint density at radius 1 is 1.04 bits per heavy atom. The lowest BCUT2D eigenvalue weighted by Crippen LogP contribution is -2.47. The number of nitrogens with zero attached hydrogens (tertiary/aromatic N) is 3. The topological polar surface area (TPSA) is 98.2 Å². The van der Waals surface area contributed by atoms with E-state index in [4.69, 9.17) is 5.11 Å². The number of rotatable bonds is 10. The molecule has 1 unspecified atom stereocenters. The van der Waals surface area contributed by atoms with E-state index >= 15 is 0 Å². The van der Waals surface area contributed by atoms with Crippen LogP contribution in [0.25, 0.3) is 0 Å². The minimum atomic E-state index is -0.890. The van der Waals surface area contributed by atoms with E-state index < -0.39 is 11.9 Å². The van der Waals surface area contributed by atoms with Crippen LogP contribution in [-0.2, 0) is 19.2 Å². The Morgan fingerprint density at radius 3 is 2.19 bits per heavy atom. The van der Waals surface area contributed by atoms with Gasteiger partial charge in [0, 0.05) is 46.1 Å². The lowest BCUT2D eigenvalue weighted by atomic mass is 9.98. The molecule has 8 heteroatoms. The van der Waals surface area contributed by atoms with Crippen LogP contribution < -0.4 is 0 Å². The second-order valence-corrected chi connectivity index (χ2v) is 7.15. The molecule has 0 aromatic heterocycles. The van der Waals surface area contributed by atoms with Crippen LogP contribution in [0.2, 0.25) is 0 Å². The summed E-state index contributed by atoms with van der Waals surface area (Å²) in [4.78, 5) is 52.6. The number of likely N-dealkylation sites (tertiary alicyclic amines) is 1. The zero-order valence-electron chi connectivity index (χ0n) is 16.8. The standard InChI is InChI=1S/C19H33N3O5/c1-4-10-21(11-5-2)17(24)9-8-16(23)20(3)14-18(25)22-12-6-7-15(13-22)19(26)27/h15H,4-14H2,1-3H3,(H,26,27). The summed E-state index contributed by atoms with van der Waals surface area (Å²) in [5, 5.41) is 9.11. The smallest absolute Gasteiger partial charge is 0.308 e. The van der Waals surface area contributed by atoms with Crippen molar-refractivity contribution in [2.24, 2.45) is 5.92 Å². The number of carboxylic acid groups (broad SMARTS) is 1. The summed E-state index contributed by atoms with van der Waals surface area (Å²) in [6.07, 6.45) is 3.19. The average molecular weight is 383 g/mol. The first-order valence-corrected chi connectivity index (χ1v) is 9.82. The summed E-state index contributed by atoms with van der Waals surface area (Å²) < 4.78 is 0. The molecular formula is C19H33N3O5. The van der Waals surface area contributed by atoms with Crippen molar-refractivity contribution in [2.45, 2.75) is 52.4 Å². The predicted molar refractivity (Wildman–Crippen MR) is 101 cm³/mol. The van der Waals surface area contributed by atoms with Crippen molar-refractivity contribution in [3.05, 3.63) is 0 Å². The van der Waals surface area contributed by atoms with Crippen LogP contribution in [0.4, 0.5) is 0 Å². The third kappa shape index (κ3) is 7.56. The summed E-state index contributed by atoms with van der Waals surface area (Å²) in [6.45, 7) is 6.02. The normalized spacial score (nSPS) is 16.7. The quantitative estimate of drug-likeness (QED) is 0.611. The number of carbonyl (C=O) groups excluding carboxylic acids is 3. The molecule has 0 bridgehead atoms. The van der Waals surface area contributed by atoms with E-state index in [2.05, 4.69) is 0 Å². The molecule has 1 saturated heterocycles. The molecule has 3 amide bonds. The maximum absolute atomic E-state index is 12.4. The fourth-order valence-corrected chi connectivity index (χ4v) is 3.26. The van der Waals surface area contributed by atoms with E-state index in [1.165, 1.54) is 9.80 Å². The Hall–Kier alpha value is -2.12. The van der Waals surface area contributed by atoms with Gasteiger partial charge in [-0.25, -0.2) is 0 Å². The minimum absolute atomic E-state index is 0.0351. The van der Waals surface area contributed by atoms with Crippen LogP contribution in [0.15, 0.2) is 0 Å². The minimum Gasteiger partial charge on any atom is -0.481 e. The lowest BCUT2D eigenvalue weighted by Gasteiger charge is -2.32. The van der Waals surface area contributed by atoms with Gasteiger partial charge in [0.25, 0.3) is 0 Å². The Bertz CT molecular complexity index is 531. The molecule has 1 atom stereocenters. The van der Waals surface area contributed by atoms with Crippen molar-refractivity contribution >= 4 is 23.7 Å². The van der Waals surface area contributed by atoms with E-state index in [0.29, 0.717) is 32.5 Å². The highest BCUT2D eigenvalue weighted by molar-refractivity contribution is 5.87. The Morgan fingerprint density at radius 2 is 1.63 bits per heavy atom. The van der Waals surface area contributed by atoms with Crippen LogP contribution in [0.5, 0.6) is 0 Å². The van der Waals surface area contributed by atoms with E-state index in [1.807, 2.05) is 13.8 Å². The Labute approximate surface area is 161 Å². The molecular weight excluding hydrogens is 350 g/mol. The van der Waals surface area contributed by atoms with Gasteiger partial charge in [-0.3, -0.25) is 19.2 Å². The summed E-state index contributed by atoms with van der Waals surface area (Å²) in [6, 6.07) is 0. The van der Waals surface area contributed by atoms with Crippen molar-refractivity contribution in [2.75, 3.05) is 39.8 Å². The Balaban J connectivity index is 2.45. The van der Waals surface area contributed by atoms with Gasteiger partial charge in [-0.2, -0.15) is 0 Å². The van der Waals surface area contributed by atoms with Gasteiger partial charge < -0.3 is 19.8 Å². The molecule has 0 saturated carbocycles. The molecule has 0 aromatic rings. The number of carboxylic acids is 1. The number of carbonyl (C=O) groups is 4. The molecule has 1 heterocycles. The van der Waals surface area contributed by atoms with Crippen LogP contribution in [0, 0.1) is 5.92 Å². The number of likely N-dealkylation sites (N-methyl/N-ethyl adjacent to an activating group) is 1. The van der Waals surface area contributed by atoms with Crippen LogP contribution >= 0.6 is 0 Å². The molecule has 0 aromatic carbocycles. The highest BCUT2D eigenvalue weighted by atomic mass is 16.4. The fourth-order valence-electron chi connectivity index (χ4n) is 3.26. The third-order valence-electron chi connectivity index (χ3n) is 4.81. The predicted octanol–water partition coefficient (Wildman–Crippen LogP) is 1.20. The van der Waals surface area contributed by atoms with Gasteiger partial charge in [0.1, 0.15) is 0 Å². The molecule has 27 heavy (non-hydrogen) atoms. The van der Waals surface area contributed by atoms with E-state index in [-0.39, 0.29) is 43.7 Å².